The van der Waals surface area contributed by atoms with Crippen LogP contribution in [0.1, 0.15) is 29.8 Å². The highest BCUT2D eigenvalue weighted by atomic mass is 16.5. The Balaban J connectivity index is 1.27. The Kier molecular flexibility index (Phi) is 4.38. The quantitative estimate of drug-likeness (QED) is 0.429. The molecular formula is C26H24N4O2. The summed E-state index contributed by atoms with van der Waals surface area (Å²) in [6.45, 7) is 0.312. The van der Waals surface area contributed by atoms with Gasteiger partial charge in [-0.25, -0.2) is 4.98 Å². The molecule has 32 heavy (non-hydrogen) atoms. The number of rotatable bonds is 4. The number of imidazole rings is 1. The number of benzene rings is 1. The van der Waals surface area contributed by atoms with Gasteiger partial charge in [-0.3, -0.25) is 9.36 Å². The number of aryl methyl sites for hydroxylation is 2. The first kappa shape index (κ1) is 18.9. The zero-order valence-electron chi connectivity index (χ0n) is 18.0. The third kappa shape index (κ3) is 3.11. The van der Waals surface area contributed by atoms with E-state index in [4.69, 9.17) is 4.74 Å². The van der Waals surface area contributed by atoms with E-state index in [1.165, 1.54) is 41.1 Å². The molecule has 6 rings (SSSR count). The van der Waals surface area contributed by atoms with Crippen LogP contribution in [0.3, 0.4) is 0 Å². The number of fused-ring (bicyclic) bond motifs is 4. The minimum atomic E-state index is -0.115. The van der Waals surface area contributed by atoms with Gasteiger partial charge in [-0.15, -0.1) is 0 Å². The summed E-state index contributed by atoms with van der Waals surface area (Å²) in [5, 5.41) is 1.31. The summed E-state index contributed by atoms with van der Waals surface area (Å²) in [4.78, 5) is 17.4. The van der Waals surface area contributed by atoms with Gasteiger partial charge >= 0.3 is 0 Å². The molecule has 4 aromatic heterocycles. The van der Waals surface area contributed by atoms with Crippen molar-refractivity contribution in [1.82, 2.24) is 18.5 Å². The average Bonchev–Trinajstić information content (AvgIpc) is 3.37. The van der Waals surface area contributed by atoms with Gasteiger partial charge in [-0.1, -0.05) is 12.1 Å². The molecule has 0 radical (unpaired) electrons. The molecule has 160 valence electrons. The largest absolute Gasteiger partial charge is 0.487 e. The van der Waals surface area contributed by atoms with Gasteiger partial charge in [0, 0.05) is 42.8 Å². The fourth-order valence-corrected chi connectivity index (χ4v) is 4.88. The van der Waals surface area contributed by atoms with Crippen molar-refractivity contribution in [2.75, 3.05) is 0 Å². The van der Waals surface area contributed by atoms with Gasteiger partial charge in [0.15, 0.2) is 0 Å². The molecule has 1 aromatic carbocycles. The molecule has 0 bridgehead atoms. The average molecular weight is 425 g/mol. The summed E-state index contributed by atoms with van der Waals surface area (Å²) in [5.74, 6) is 0.540. The highest BCUT2D eigenvalue weighted by molar-refractivity contribution is 5.87. The van der Waals surface area contributed by atoms with E-state index < -0.39 is 0 Å². The first-order chi connectivity index (χ1) is 15.7. The second-order valence-electron chi connectivity index (χ2n) is 8.45. The number of aromatic nitrogens is 4. The van der Waals surface area contributed by atoms with Gasteiger partial charge < -0.3 is 13.7 Å². The molecule has 6 heteroatoms. The molecule has 0 saturated heterocycles. The van der Waals surface area contributed by atoms with Crippen molar-refractivity contribution in [2.24, 2.45) is 7.05 Å². The Hall–Kier alpha value is -3.80. The van der Waals surface area contributed by atoms with Crippen LogP contribution in [0.15, 0.2) is 71.9 Å². The maximum absolute atomic E-state index is 12.9. The van der Waals surface area contributed by atoms with E-state index >= 15 is 0 Å². The molecule has 6 nitrogen and oxygen atoms in total. The normalized spacial score (nSPS) is 13.5. The van der Waals surface area contributed by atoms with E-state index in [2.05, 4.69) is 28.7 Å². The lowest BCUT2D eigenvalue weighted by molar-refractivity contribution is 0.301. The number of hydrogen-bond donors (Lipinski definition) is 0. The first-order valence-corrected chi connectivity index (χ1v) is 11.1. The van der Waals surface area contributed by atoms with Crippen molar-refractivity contribution in [2.45, 2.75) is 32.3 Å². The molecule has 4 heterocycles. The molecule has 0 N–H and O–H groups in total. The van der Waals surface area contributed by atoms with E-state index in [1.54, 1.807) is 10.8 Å². The van der Waals surface area contributed by atoms with Crippen molar-refractivity contribution in [3.63, 3.8) is 0 Å². The molecule has 5 aromatic rings. The fourth-order valence-electron chi connectivity index (χ4n) is 4.88. The molecule has 0 aliphatic heterocycles. The van der Waals surface area contributed by atoms with E-state index in [0.717, 1.165) is 29.9 Å². The zero-order valence-corrected chi connectivity index (χ0v) is 18.0. The number of nitrogens with zero attached hydrogens (tertiary/aromatic N) is 4. The monoisotopic (exact) mass is 424 g/mol. The summed E-state index contributed by atoms with van der Waals surface area (Å²) >= 11 is 0. The molecule has 0 atom stereocenters. The van der Waals surface area contributed by atoms with Crippen LogP contribution in [0.5, 0.6) is 5.75 Å². The molecule has 1 aliphatic rings. The van der Waals surface area contributed by atoms with Crippen LogP contribution in [-0.4, -0.2) is 18.5 Å². The smallest absolute Gasteiger partial charge is 0.258 e. The summed E-state index contributed by atoms with van der Waals surface area (Å²) < 4.78 is 11.8. The Bertz CT molecular complexity index is 1490. The molecule has 0 amide bonds. The third-order valence-corrected chi connectivity index (χ3v) is 6.48. The summed E-state index contributed by atoms with van der Waals surface area (Å²) in [5.41, 5.74) is 6.55. The Morgan fingerprint density at radius 3 is 2.81 bits per heavy atom. The minimum Gasteiger partial charge on any atom is -0.487 e. The zero-order chi connectivity index (χ0) is 21.7. The summed E-state index contributed by atoms with van der Waals surface area (Å²) in [6.07, 6.45) is 10.5. The lowest BCUT2D eigenvalue weighted by Gasteiger charge is -2.12. The van der Waals surface area contributed by atoms with E-state index in [0.29, 0.717) is 12.4 Å². The van der Waals surface area contributed by atoms with Gasteiger partial charge in [0.05, 0.1) is 16.9 Å². The maximum Gasteiger partial charge on any atom is 0.258 e. The lowest BCUT2D eigenvalue weighted by Crippen LogP contribution is -2.16. The second kappa shape index (κ2) is 7.41. The van der Waals surface area contributed by atoms with Crippen LogP contribution in [0, 0.1) is 0 Å². The molecular weight excluding hydrogens is 400 g/mol. The molecule has 0 saturated carbocycles. The topological polar surface area (TPSA) is 53.5 Å². The SMILES string of the molecule is Cn1c2c(c3ccc(-n4ccc(OCc5cn6ccccc6n5)cc4=O)cc31)CCCC2. The highest BCUT2D eigenvalue weighted by Gasteiger charge is 2.18. The lowest BCUT2D eigenvalue weighted by atomic mass is 9.95. The van der Waals surface area contributed by atoms with Gasteiger partial charge in [0.25, 0.3) is 5.56 Å². The second-order valence-corrected chi connectivity index (χ2v) is 8.45. The van der Waals surface area contributed by atoms with Crippen LogP contribution in [-0.2, 0) is 26.5 Å². The summed E-state index contributed by atoms with van der Waals surface area (Å²) in [6, 6.07) is 15.5. The Labute approximate surface area is 185 Å². The van der Waals surface area contributed by atoms with E-state index in [-0.39, 0.29) is 5.56 Å². The number of ether oxygens (including phenoxy) is 1. The Morgan fingerprint density at radius 1 is 1.03 bits per heavy atom. The fraction of sp³-hybridized carbons (Fsp3) is 0.231. The van der Waals surface area contributed by atoms with Gasteiger partial charge in [0.1, 0.15) is 18.0 Å². The first-order valence-electron chi connectivity index (χ1n) is 11.1. The van der Waals surface area contributed by atoms with Gasteiger partial charge in [0.2, 0.25) is 0 Å². The van der Waals surface area contributed by atoms with Crippen molar-refractivity contribution >= 4 is 16.6 Å². The van der Waals surface area contributed by atoms with Crippen LogP contribution < -0.4 is 10.3 Å². The molecule has 0 spiro atoms. The van der Waals surface area contributed by atoms with E-state index in [1.807, 2.05) is 47.1 Å². The van der Waals surface area contributed by atoms with Crippen molar-refractivity contribution in [1.29, 1.82) is 0 Å². The minimum absolute atomic E-state index is 0.115. The third-order valence-electron chi connectivity index (χ3n) is 6.48. The van der Waals surface area contributed by atoms with Crippen molar-refractivity contribution in [3.8, 4) is 11.4 Å². The van der Waals surface area contributed by atoms with Gasteiger partial charge in [-0.05, 0) is 61.6 Å². The predicted octanol–water partition coefficient (Wildman–Crippen LogP) is 4.43. The molecule has 1 aliphatic carbocycles. The van der Waals surface area contributed by atoms with Crippen LogP contribution in [0.2, 0.25) is 0 Å². The standard InChI is InChI=1S/C26H24N4O2/c1-28-23-7-3-2-6-21(23)22-10-9-19(14-24(22)28)30-13-11-20(15-26(30)31)32-17-18-16-29-12-5-4-8-25(29)27-18/h4-5,8-16H,2-3,6-7,17H2,1H3. The maximum atomic E-state index is 12.9. The highest BCUT2D eigenvalue weighted by Crippen LogP contribution is 2.32. The number of hydrogen-bond acceptors (Lipinski definition) is 3. The Morgan fingerprint density at radius 2 is 1.94 bits per heavy atom. The van der Waals surface area contributed by atoms with Crippen LogP contribution in [0.4, 0.5) is 0 Å². The van der Waals surface area contributed by atoms with Crippen molar-refractivity contribution in [3.05, 3.63) is 94.4 Å². The molecule has 0 unspecified atom stereocenters. The van der Waals surface area contributed by atoms with Crippen molar-refractivity contribution < 1.29 is 4.74 Å². The van der Waals surface area contributed by atoms with E-state index in [9.17, 15) is 4.79 Å². The predicted molar refractivity (Wildman–Crippen MR) is 125 cm³/mol. The number of pyridine rings is 2. The van der Waals surface area contributed by atoms with Gasteiger partial charge in [-0.2, -0.15) is 0 Å². The van der Waals surface area contributed by atoms with Crippen LogP contribution >= 0.6 is 0 Å². The van der Waals surface area contributed by atoms with Crippen LogP contribution in [0.25, 0.3) is 22.2 Å². The summed E-state index contributed by atoms with van der Waals surface area (Å²) in [7, 11) is 2.13. The molecule has 0 fully saturated rings.